The Balaban J connectivity index is 1.75. The molecule has 1 saturated heterocycles. The molecule has 2 aromatic rings. The molecule has 0 atom stereocenters. The molecule has 1 aliphatic rings. The SMILES string of the molecule is CC(=O)N1CCN(c2ccc(OS(=O)(=O)c3cc(C(F)(F)F)ccc3Cl)cc2)CC1. The molecule has 162 valence electrons. The highest BCUT2D eigenvalue weighted by molar-refractivity contribution is 7.87. The van der Waals surface area contributed by atoms with E-state index in [1.807, 2.05) is 4.90 Å². The molecule has 1 fully saturated rings. The number of hydrogen-bond acceptors (Lipinski definition) is 5. The van der Waals surface area contributed by atoms with Crippen LogP contribution in [0.1, 0.15) is 12.5 Å². The first-order valence-corrected chi connectivity index (χ1v) is 10.7. The number of carbonyl (C=O) groups is 1. The Hall–Kier alpha value is -2.46. The molecular weight excluding hydrogens is 445 g/mol. The van der Waals surface area contributed by atoms with Crippen LogP contribution in [0, 0.1) is 0 Å². The highest BCUT2D eigenvalue weighted by Gasteiger charge is 2.33. The molecule has 0 unspecified atom stereocenters. The third kappa shape index (κ3) is 4.99. The molecule has 1 aliphatic heterocycles. The van der Waals surface area contributed by atoms with Crippen molar-refractivity contribution in [3.63, 3.8) is 0 Å². The second-order valence-corrected chi connectivity index (χ2v) is 8.59. The molecule has 2 aromatic carbocycles. The van der Waals surface area contributed by atoms with Gasteiger partial charge in [-0.3, -0.25) is 4.79 Å². The summed E-state index contributed by atoms with van der Waals surface area (Å²) in [4.78, 5) is 14.4. The molecule has 11 heteroatoms. The zero-order valence-corrected chi connectivity index (χ0v) is 17.4. The zero-order chi connectivity index (χ0) is 22.1. The molecule has 0 aromatic heterocycles. The van der Waals surface area contributed by atoms with Crippen LogP contribution in [0.25, 0.3) is 0 Å². The van der Waals surface area contributed by atoms with Crippen LogP contribution in [0.15, 0.2) is 47.4 Å². The van der Waals surface area contributed by atoms with Gasteiger partial charge in [0.2, 0.25) is 5.91 Å². The van der Waals surface area contributed by atoms with Gasteiger partial charge < -0.3 is 14.0 Å². The van der Waals surface area contributed by atoms with E-state index >= 15 is 0 Å². The number of amides is 1. The lowest BCUT2D eigenvalue weighted by molar-refractivity contribution is -0.137. The van der Waals surface area contributed by atoms with Crippen LogP contribution in [0.2, 0.25) is 5.02 Å². The summed E-state index contributed by atoms with van der Waals surface area (Å²) in [5.41, 5.74) is -0.339. The molecule has 30 heavy (non-hydrogen) atoms. The second-order valence-electron chi connectivity index (χ2n) is 6.67. The van der Waals surface area contributed by atoms with Gasteiger partial charge in [0.25, 0.3) is 0 Å². The maximum atomic E-state index is 12.9. The summed E-state index contributed by atoms with van der Waals surface area (Å²) in [7, 11) is -4.57. The molecule has 1 amide bonds. The van der Waals surface area contributed by atoms with Crippen molar-refractivity contribution in [3.05, 3.63) is 53.1 Å². The van der Waals surface area contributed by atoms with Crippen LogP contribution in [-0.2, 0) is 21.1 Å². The average Bonchev–Trinajstić information content (AvgIpc) is 2.67. The van der Waals surface area contributed by atoms with Gasteiger partial charge in [-0.25, -0.2) is 0 Å². The summed E-state index contributed by atoms with van der Waals surface area (Å²) in [6.45, 7) is 3.92. The first-order chi connectivity index (χ1) is 14.0. The summed E-state index contributed by atoms with van der Waals surface area (Å²) in [5, 5.41) is -0.372. The van der Waals surface area contributed by atoms with Gasteiger partial charge in [0.15, 0.2) is 0 Å². The van der Waals surface area contributed by atoms with Crippen molar-refractivity contribution in [3.8, 4) is 5.75 Å². The number of carbonyl (C=O) groups excluding carboxylic acids is 1. The van der Waals surface area contributed by atoms with Crippen molar-refractivity contribution in [1.29, 1.82) is 0 Å². The summed E-state index contributed by atoms with van der Waals surface area (Å²) in [5.74, 6) is -0.0496. The number of alkyl halides is 3. The van der Waals surface area contributed by atoms with Gasteiger partial charge in [0.1, 0.15) is 10.6 Å². The Bertz CT molecular complexity index is 1030. The fourth-order valence-corrected chi connectivity index (χ4v) is 4.47. The van der Waals surface area contributed by atoms with Crippen molar-refractivity contribution >= 4 is 33.3 Å². The normalized spacial score (nSPS) is 15.2. The van der Waals surface area contributed by atoms with Crippen LogP contribution in [0.3, 0.4) is 0 Å². The summed E-state index contributed by atoms with van der Waals surface area (Å²) >= 11 is 5.80. The lowest BCUT2D eigenvalue weighted by Gasteiger charge is -2.35. The van der Waals surface area contributed by atoms with E-state index in [1.54, 1.807) is 17.0 Å². The predicted molar refractivity (Wildman–Crippen MR) is 105 cm³/mol. The van der Waals surface area contributed by atoms with Gasteiger partial charge in [-0.2, -0.15) is 21.6 Å². The maximum absolute atomic E-state index is 12.9. The molecule has 3 rings (SSSR count). The first-order valence-electron chi connectivity index (χ1n) is 8.89. The quantitative estimate of drug-likeness (QED) is 0.647. The van der Waals surface area contributed by atoms with Gasteiger partial charge in [0, 0.05) is 38.8 Å². The van der Waals surface area contributed by atoms with Crippen LogP contribution in [0.4, 0.5) is 18.9 Å². The minimum absolute atomic E-state index is 0.0110. The Kier molecular flexibility index (Phi) is 6.19. The van der Waals surface area contributed by atoms with Gasteiger partial charge in [-0.15, -0.1) is 0 Å². The standard InChI is InChI=1S/C19H18ClF3N2O4S/c1-13(26)24-8-10-25(11-9-24)15-3-5-16(6-4-15)29-30(27,28)18-12-14(19(21,22)23)2-7-17(18)20/h2-7,12H,8-11H2,1H3. The monoisotopic (exact) mass is 462 g/mol. The molecule has 0 spiro atoms. The van der Waals surface area contributed by atoms with E-state index in [9.17, 15) is 26.4 Å². The van der Waals surface area contributed by atoms with Gasteiger partial charge in [-0.05, 0) is 42.5 Å². The number of benzene rings is 2. The molecule has 1 heterocycles. The summed E-state index contributed by atoms with van der Waals surface area (Å²) in [6.07, 6.45) is -4.72. The van der Waals surface area contributed by atoms with Crippen LogP contribution in [-0.4, -0.2) is 45.4 Å². The fourth-order valence-electron chi connectivity index (χ4n) is 3.03. The third-order valence-corrected chi connectivity index (χ3v) is 6.39. The number of nitrogens with zero attached hydrogens (tertiary/aromatic N) is 2. The Morgan fingerprint density at radius 1 is 1.03 bits per heavy atom. The average molecular weight is 463 g/mol. The first kappa shape index (κ1) is 22.2. The highest BCUT2D eigenvalue weighted by atomic mass is 35.5. The molecule has 6 nitrogen and oxygen atoms in total. The molecule has 0 N–H and O–H groups in total. The lowest BCUT2D eigenvalue weighted by Crippen LogP contribution is -2.48. The van der Waals surface area contributed by atoms with E-state index in [0.29, 0.717) is 38.3 Å². The Labute approximate surface area is 176 Å². The van der Waals surface area contributed by atoms with E-state index in [1.165, 1.54) is 19.1 Å². The van der Waals surface area contributed by atoms with E-state index in [-0.39, 0.29) is 16.7 Å². The largest absolute Gasteiger partial charge is 0.416 e. The number of hydrogen-bond donors (Lipinski definition) is 0. The number of rotatable bonds is 4. The number of piperazine rings is 1. The van der Waals surface area contributed by atoms with Crippen molar-refractivity contribution < 1.29 is 30.6 Å². The van der Waals surface area contributed by atoms with Crippen molar-refractivity contribution in [1.82, 2.24) is 4.90 Å². The summed E-state index contributed by atoms with van der Waals surface area (Å²) < 4.78 is 68.6. The van der Waals surface area contributed by atoms with Crippen LogP contribution < -0.4 is 9.08 Å². The molecule has 0 bridgehead atoms. The fraction of sp³-hybridized carbons (Fsp3) is 0.316. The Morgan fingerprint density at radius 2 is 1.63 bits per heavy atom. The van der Waals surface area contributed by atoms with Crippen molar-refractivity contribution in [2.45, 2.75) is 18.0 Å². The van der Waals surface area contributed by atoms with Gasteiger partial charge >= 0.3 is 16.3 Å². The molecular formula is C19H18ClF3N2O4S. The third-order valence-electron chi connectivity index (χ3n) is 4.66. The number of halogens is 4. The van der Waals surface area contributed by atoms with Gasteiger partial charge in [-0.1, -0.05) is 11.6 Å². The van der Waals surface area contributed by atoms with Crippen molar-refractivity contribution in [2.75, 3.05) is 31.1 Å². The maximum Gasteiger partial charge on any atom is 0.416 e. The topological polar surface area (TPSA) is 66.9 Å². The second kappa shape index (κ2) is 8.35. The number of anilines is 1. The highest BCUT2D eigenvalue weighted by Crippen LogP contribution is 2.34. The lowest BCUT2D eigenvalue weighted by atomic mass is 10.2. The van der Waals surface area contributed by atoms with E-state index < -0.39 is 26.8 Å². The van der Waals surface area contributed by atoms with E-state index in [4.69, 9.17) is 15.8 Å². The molecule has 0 radical (unpaired) electrons. The van der Waals surface area contributed by atoms with Crippen LogP contribution >= 0.6 is 11.6 Å². The Morgan fingerprint density at radius 3 is 2.17 bits per heavy atom. The van der Waals surface area contributed by atoms with Crippen molar-refractivity contribution in [2.24, 2.45) is 0 Å². The predicted octanol–water partition coefficient (Wildman–Crippen LogP) is 3.80. The molecule has 0 aliphatic carbocycles. The zero-order valence-electron chi connectivity index (χ0n) is 15.8. The molecule has 0 saturated carbocycles. The minimum atomic E-state index is -4.72. The smallest absolute Gasteiger partial charge is 0.379 e. The summed E-state index contributed by atoms with van der Waals surface area (Å²) in [6, 6.07) is 8.11. The van der Waals surface area contributed by atoms with E-state index in [2.05, 4.69) is 0 Å². The van der Waals surface area contributed by atoms with E-state index in [0.717, 1.165) is 11.8 Å². The van der Waals surface area contributed by atoms with Crippen LogP contribution in [0.5, 0.6) is 5.75 Å². The minimum Gasteiger partial charge on any atom is -0.379 e. The van der Waals surface area contributed by atoms with Gasteiger partial charge in [0.05, 0.1) is 10.6 Å².